The van der Waals surface area contributed by atoms with Crippen molar-refractivity contribution < 1.29 is 9.13 Å². The van der Waals surface area contributed by atoms with Gasteiger partial charge >= 0.3 is 0 Å². The Kier molecular flexibility index (Phi) is 3.05. The summed E-state index contributed by atoms with van der Waals surface area (Å²) >= 11 is 3.10. The maximum atomic E-state index is 12.9. The van der Waals surface area contributed by atoms with Gasteiger partial charge in [-0.25, -0.2) is 4.39 Å². The van der Waals surface area contributed by atoms with Crippen molar-refractivity contribution in [1.82, 2.24) is 0 Å². The van der Waals surface area contributed by atoms with Crippen molar-refractivity contribution in [3.8, 4) is 5.75 Å². The van der Waals surface area contributed by atoms with Crippen LogP contribution in [0.25, 0.3) is 0 Å². The van der Waals surface area contributed by atoms with Gasteiger partial charge in [-0.2, -0.15) is 0 Å². The molecule has 1 aromatic carbocycles. The van der Waals surface area contributed by atoms with Gasteiger partial charge in [-0.15, -0.1) is 0 Å². The van der Waals surface area contributed by atoms with E-state index in [0.29, 0.717) is 15.8 Å². The highest BCUT2D eigenvalue weighted by Crippen LogP contribution is 2.28. The molecule has 2 N–H and O–H groups in total. The molecule has 0 amide bonds. The summed E-state index contributed by atoms with van der Waals surface area (Å²) in [7, 11) is 1.53. The molecule has 0 bridgehead atoms. The van der Waals surface area contributed by atoms with Gasteiger partial charge in [0.1, 0.15) is 11.6 Å². The third kappa shape index (κ3) is 1.59. The average molecular weight is 234 g/mol. The Labute approximate surface area is 78.6 Å². The summed E-state index contributed by atoms with van der Waals surface area (Å²) in [5, 5.41) is 0. The normalized spacial score (nSPS) is 10.0. The quantitative estimate of drug-likeness (QED) is 0.849. The lowest BCUT2D eigenvalue weighted by molar-refractivity contribution is 0.408. The predicted molar refractivity (Wildman–Crippen MR) is 48.5 cm³/mol. The summed E-state index contributed by atoms with van der Waals surface area (Å²) in [6.07, 6.45) is 0. The summed E-state index contributed by atoms with van der Waals surface area (Å²) in [5.41, 5.74) is 6.07. The number of halogens is 2. The highest BCUT2D eigenvalue weighted by Gasteiger charge is 2.09. The molecule has 1 rings (SSSR count). The molecule has 0 aliphatic rings. The van der Waals surface area contributed by atoms with Crippen molar-refractivity contribution in [2.24, 2.45) is 5.73 Å². The Balaban J connectivity index is 3.25. The molecule has 0 saturated carbocycles. The summed E-state index contributed by atoms with van der Waals surface area (Å²) in [6.45, 7) is 0.252. The Bertz CT molecular complexity index is 291. The van der Waals surface area contributed by atoms with Gasteiger partial charge in [-0.3, -0.25) is 0 Å². The van der Waals surface area contributed by atoms with Crippen LogP contribution >= 0.6 is 15.9 Å². The fraction of sp³-hybridized carbons (Fsp3) is 0.250. The fourth-order valence-corrected chi connectivity index (χ4v) is 1.45. The minimum Gasteiger partial charge on any atom is -0.496 e. The van der Waals surface area contributed by atoms with Crippen LogP contribution in [0.5, 0.6) is 5.75 Å². The minimum atomic E-state index is -0.323. The molecule has 0 saturated heterocycles. The third-order valence-corrected chi connectivity index (χ3v) is 2.43. The number of hydrogen-bond donors (Lipinski definition) is 1. The maximum absolute atomic E-state index is 12.9. The Hall–Kier alpha value is -0.610. The van der Waals surface area contributed by atoms with E-state index in [1.165, 1.54) is 13.2 Å². The topological polar surface area (TPSA) is 35.2 Å². The number of nitrogens with two attached hydrogens (primary N) is 1. The molecule has 0 aliphatic carbocycles. The molecule has 0 heterocycles. The van der Waals surface area contributed by atoms with Gasteiger partial charge in [-0.05, 0) is 28.1 Å². The van der Waals surface area contributed by atoms with Crippen molar-refractivity contribution in [2.75, 3.05) is 7.11 Å². The van der Waals surface area contributed by atoms with E-state index in [4.69, 9.17) is 10.5 Å². The SMILES string of the molecule is COc1ccc(F)c(Br)c1CN. The summed E-state index contributed by atoms with van der Waals surface area (Å²) in [6, 6.07) is 2.89. The first-order valence-electron chi connectivity index (χ1n) is 3.41. The number of rotatable bonds is 2. The van der Waals surface area contributed by atoms with E-state index in [2.05, 4.69) is 15.9 Å². The molecule has 66 valence electrons. The first-order valence-corrected chi connectivity index (χ1v) is 4.21. The van der Waals surface area contributed by atoms with Gasteiger partial charge in [-0.1, -0.05) is 0 Å². The molecule has 0 unspecified atom stereocenters. The van der Waals surface area contributed by atoms with Crippen LogP contribution in [-0.2, 0) is 6.54 Å². The van der Waals surface area contributed by atoms with Crippen LogP contribution in [0.2, 0.25) is 0 Å². The first-order chi connectivity index (χ1) is 5.70. The van der Waals surface area contributed by atoms with E-state index in [1.54, 1.807) is 6.07 Å². The molecule has 0 fully saturated rings. The lowest BCUT2D eigenvalue weighted by Crippen LogP contribution is -2.02. The monoisotopic (exact) mass is 233 g/mol. The van der Waals surface area contributed by atoms with Gasteiger partial charge in [0.05, 0.1) is 11.6 Å². The third-order valence-electron chi connectivity index (χ3n) is 1.58. The predicted octanol–water partition coefficient (Wildman–Crippen LogP) is 2.06. The second-order valence-electron chi connectivity index (χ2n) is 2.25. The van der Waals surface area contributed by atoms with Crippen LogP contribution in [0.4, 0.5) is 4.39 Å². The fourth-order valence-electron chi connectivity index (χ4n) is 0.956. The lowest BCUT2D eigenvalue weighted by Gasteiger charge is -2.08. The van der Waals surface area contributed by atoms with E-state index in [-0.39, 0.29) is 12.4 Å². The van der Waals surface area contributed by atoms with Gasteiger partial charge in [0.25, 0.3) is 0 Å². The molecular weight excluding hydrogens is 225 g/mol. The summed E-state index contributed by atoms with van der Waals surface area (Å²) in [4.78, 5) is 0. The van der Waals surface area contributed by atoms with Crippen LogP contribution in [0.1, 0.15) is 5.56 Å². The molecule has 0 atom stereocenters. The van der Waals surface area contributed by atoms with Crippen LogP contribution < -0.4 is 10.5 Å². The van der Waals surface area contributed by atoms with Crippen LogP contribution in [0, 0.1) is 5.82 Å². The van der Waals surface area contributed by atoms with Crippen LogP contribution in [0.3, 0.4) is 0 Å². The van der Waals surface area contributed by atoms with Crippen LogP contribution in [0.15, 0.2) is 16.6 Å². The molecule has 12 heavy (non-hydrogen) atoms. The Morgan fingerprint density at radius 3 is 2.75 bits per heavy atom. The highest BCUT2D eigenvalue weighted by molar-refractivity contribution is 9.10. The van der Waals surface area contributed by atoms with Crippen molar-refractivity contribution in [3.63, 3.8) is 0 Å². The zero-order valence-corrected chi connectivity index (χ0v) is 8.19. The summed E-state index contributed by atoms with van der Waals surface area (Å²) in [5.74, 6) is 0.280. The number of methoxy groups -OCH3 is 1. The van der Waals surface area contributed by atoms with Gasteiger partial charge in [0, 0.05) is 12.1 Å². The molecule has 0 aromatic heterocycles. The highest BCUT2D eigenvalue weighted by atomic mass is 79.9. The molecule has 1 aromatic rings. The molecule has 0 radical (unpaired) electrons. The van der Waals surface area contributed by atoms with Gasteiger partial charge < -0.3 is 10.5 Å². The second-order valence-corrected chi connectivity index (χ2v) is 3.04. The number of benzene rings is 1. The molecule has 0 aliphatic heterocycles. The zero-order chi connectivity index (χ0) is 9.14. The Morgan fingerprint density at radius 2 is 2.25 bits per heavy atom. The van der Waals surface area contributed by atoms with Crippen molar-refractivity contribution in [1.29, 1.82) is 0 Å². The van der Waals surface area contributed by atoms with Gasteiger partial charge in [0.15, 0.2) is 0 Å². The van der Waals surface area contributed by atoms with E-state index >= 15 is 0 Å². The number of hydrogen-bond acceptors (Lipinski definition) is 2. The van der Waals surface area contributed by atoms with E-state index in [9.17, 15) is 4.39 Å². The van der Waals surface area contributed by atoms with Crippen molar-refractivity contribution in [3.05, 3.63) is 28.0 Å². The summed E-state index contributed by atoms with van der Waals surface area (Å²) < 4.78 is 18.3. The molecular formula is C8H9BrFNO. The number of ether oxygens (including phenoxy) is 1. The largest absolute Gasteiger partial charge is 0.496 e. The molecule has 2 nitrogen and oxygen atoms in total. The molecule has 0 spiro atoms. The Morgan fingerprint density at radius 1 is 1.58 bits per heavy atom. The second kappa shape index (κ2) is 3.87. The smallest absolute Gasteiger partial charge is 0.137 e. The van der Waals surface area contributed by atoms with E-state index in [0.717, 1.165) is 0 Å². The molecule has 4 heteroatoms. The average Bonchev–Trinajstić information content (AvgIpc) is 2.09. The van der Waals surface area contributed by atoms with Crippen molar-refractivity contribution in [2.45, 2.75) is 6.54 Å². The van der Waals surface area contributed by atoms with Gasteiger partial charge in [0.2, 0.25) is 0 Å². The first kappa shape index (κ1) is 9.48. The lowest BCUT2D eigenvalue weighted by atomic mass is 10.2. The van der Waals surface area contributed by atoms with E-state index in [1.807, 2.05) is 0 Å². The van der Waals surface area contributed by atoms with Crippen molar-refractivity contribution >= 4 is 15.9 Å². The maximum Gasteiger partial charge on any atom is 0.137 e. The standard InChI is InChI=1S/C8H9BrFNO/c1-12-7-3-2-6(10)8(9)5(7)4-11/h2-3H,4,11H2,1H3. The zero-order valence-electron chi connectivity index (χ0n) is 6.60. The van der Waals surface area contributed by atoms with E-state index < -0.39 is 0 Å². The van der Waals surface area contributed by atoms with Crippen LogP contribution in [-0.4, -0.2) is 7.11 Å². The minimum absolute atomic E-state index is 0.252.